The summed E-state index contributed by atoms with van der Waals surface area (Å²) in [7, 11) is 0. The van der Waals surface area contributed by atoms with Crippen LogP contribution in [0.1, 0.15) is 284 Å². The Labute approximate surface area is 373 Å². The van der Waals surface area contributed by atoms with Crippen LogP contribution in [0.2, 0.25) is 0 Å². The van der Waals surface area contributed by atoms with Gasteiger partial charge in [-0.25, -0.2) is 0 Å². The summed E-state index contributed by atoms with van der Waals surface area (Å²) in [5.41, 5.74) is 0. The van der Waals surface area contributed by atoms with Crippen molar-refractivity contribution in [1.29, 1.82) is 0 Å². The molecule has 352 valence electrons. The molecule has 0 N–H and O–H groups in total. The number of hydrogen-bond acceptors (Lipinski definition) is 6. The van der Waals surface area contributed by atoms with Gasteiger partial charge in [0.2, 0.25) is 0 Å². The first-order chi connectivity index (χ1) is 29.5. The summed E-state index contributed by atoms with van der Waals surface area (Å²) in [4.78, 5) is 37.8. The summed E-state index contributed by atoms with van der Waals surface area (Å²) < 4.78 is 16.7. The summed E-state index contributed by atoms with van der Waals surface area (Å²) in [5.74, 6) is -0.878. The largest absolute Gasteiger partial charge is 0.462 e. The summed E-state index contributed by atoms with van der Waals surface area (Å²) >= 11 is 0. The van der Waals surface area contributed by atoms with Gasteiger partial charge in [0.25, 0.3) is 0 Å². The number of allylic oxidation sites excluding steroid dienone is 4. The third-order valence-corrected chi connectivity index (χ3v) is 11.7. The summed E-state index contributed by atoms with van der Waals surface area (Å²) in [6.07, 6.45) is 56.0. The maximum atomic E-state index is 12.7. The molecule has 0 fully saturated rings. The van der Waals surface area contributed by atoms with E-state index in [2.05, 4.69) is 45.1 Å². The molecule has 0 aliphatic heterocycles. The van der Waals surface area contributed by atoms with Gasteiger partial charge < -0.3 is 14.2 Å². The highest BCUT2D eigenvalue weighted by molar-refractivity contribution is 5.71. The van der Waals surface area contributed by atoms with E-state index < -0.39 is 6.10 Å². The van der Waals surface area contributed by atoms with E-state index >= 15 is 0 Å². The highest BCUT2D eigenvalue weighted by atomic mass is 16.6. The van der Waals surface area contributed by atoms with Gasteiger partial charge >= 0.3 is 17.9 Å². The molecule has 1 unspecified atom stereocenters. The SMILES string of the molecule is CCCC/C=C\C/C=C\CCCCCCCC(=O)OC(COC(=O)CCCCCCCCCC)COC(=O)CCCCCCCCCCCCCCCCCCCCCC. The predicted octanol–water partition coefficient (Wildman–Crippen LogP) is 17.2. The van der Waals surface area contributed by atoms with E-state index in [1.165, 1.54) is 161 Å². The van der Waals surface area contributed by atoms with E-state index in [-0.39, 0.29) is 31.1 Å². The molecule has 0 heterocycles. The molecule has 0 saturated carbocycles. The number of unbranched alkanes of at least 4 members (excludes halogenated alkanes) is 33. The minimum absolute atomic E-state index is 0.0726. The second kappa shape index (κ2) is 49.5. The smallest absolute Gasteiger partial charge is 0.306 e. The Bertz CT molecular complexity index is 973. The maximum Gasteiger partial charge on any atom is 0.306 e. The molecule has 6 heteroatoms. The molecule has 0 bridgehead atoms. The molecule has 0 saturated heterocycles. The molecule has 6 nitrogen and oxygen atoms in total. The van der Waals surface area contributed by atoms with Crippen molar-refractivity contribution in [3.05, 3.63) is 24.3 Å². The van der Waals surface area contributed by atoms with Crippen molar-refractivity contribution in [2.24, 2.45) is 0 Å². The van der Waals surface area contributed by atoms with Crippen LogP contribution in [-0.4, -0.2) is 37.2 Å². The van der Waals surface area contributed by atoms with Crippen LogP contribution >= 0.6 is 0 Å². The first-order valence-corrected chi connectivity index (χ1v) is 26.3. The molecule has 0 rings (SSSR count). The van der Waals surface area contributed by atoms with Crippen LogP contribution in [-0.2, 0) is 28.6 Å². The van der Waals surface area contributed by atoms with Crippen LogP contribution in [0.25, 0.3) is 0 Å². The van der Waals surface area contributed by atoms with Gasteiger partial charge in [0, 0.05) is 19.3 Å². The van der Waals surface area contributed by atoms with Crippen LogP contribution < -0.4 is 0 Å². The minimum atomic E-state index is -0.771. The van der Waals surface area contributed by atoms with Crippen LogP contribution in [0.5, 0.6) is 0 Å². The molecular weight excluding hydrogens is 745 g/mol. The van der Waals surface area contributed by atoms with Gasteiger partial charge in [-0.2, -0.15) is 0 Å². The van der Waals surface area contributed by atoms with Crippen LogP contribution in [0.4, 0.5) is 0 Å². The number of carbonyl (C=O) groups is 3. The summed E-state index contributed by atoms with van der Waals surface area (Å²) in [6, 6.07) is 0. The molecule has 0 aromatic rings. The van der Waals surface area contributed by atoms with Gasteiger partial charge in [-0.15, -0.1) is 0 Å². The molecule has 60 heavy (non-hydrogen) atoms. The highest BCUT2D eigenvalue weighted by Gasteiger charge is 2.19. The van der Waals surface area contributed by atoms with E-state index in [0.717, 1.165) is 83.5 Å². The van der Waals surface area contributed by atoms with E-state index in [0.29, 0.717) is 19.3 Å². The van der Waals surface area contributed by atoms with E-state index in [9.17, 15) is 14.4 Å². The second-order valence-electron chi connectivity index (χ2n) is 17.8. The second-order valence-corrected chi connectivity index (χ2v) is 17.8. The molecule has 0 amide bonds. The first-order valence-electron chi connectivity index (χ1n) is 26.3. The fourth-order valence-corrected chi connectivity index (χ4v) is 7.70. The fourth-order valence-electron chi connectivity index (χ4n) is 7.70. The molecule has 0 aromatic heterocycles. The maximum absolute atomic E-state index is 12.7. The fraction of sp³-hybridized carbons (Fsp3) is 0.870. The number of hydrogen-bond donors (Lipinski definition) is 0. The Morgan fingerprint density at radius 3 is 0.967 bits per heavy atom. The zero-order valence-corrected chi connectivity index (χ0v) is 40.2. The quantitative estimate of drug-likeness (QED) is 0.0263. The molecule has 0 aromatic carbocycles. The standard InChI is InChI=1S/C54H100O6/c1-4-7-10-13-16-19-21-23-25-26-27-28-29-30-32-33-35-38-41-44-47-53(56)59-50-51(49-58-52(55)46-43-40-37-18-15-12-9-6-3)60-54(57)48-45-42-39-36-34-31-24-22-20-17-14-11-8-5-2/h14,17,22,24,51H,4-13,15-16,18-21,23,25-50H2,1-3H3/b17-14-,24-22-. The molecule has 0 spiro atoms. The highest BCUT2D eigenvalue weighted by Crippen LogP contribution is 2.16. The number of esters is 3. The van der Waals surface area contributed by atoms with Crippen molar-refractivity contribution in [1.82, 2.24) is 0 Å². The summed E-state index contributed by atoms with van der Waals surface area (Å²) in [5, 5.41) is 0. The molecule has 1 atom stereocenters. The number of carbonyl (C=O) groups excluding carboxylic acids is 3. The Morgan fingerprint density at radius 1 is 0.333 bits per heavy atom. The Kier molecular flexibility index (Phi) is 47.8. The van der Waals surface area contributed by atoms with Gasteiger partial charge in [-0.3, -0.25) is 14.4 Å². The van der Waals surface area contributed by atoms with Gasteiger partial charge in [-0.05, 0) is 44.9 Å². The van der Waals surface area contributed by atoms with Crippen LogP contribution in [0.3, 0.4) is 0 Å². The van der Waals surface area contributed by atoms with Crippen LogP contribution in [0, 0.1) is 0 Å². The van der Waals surface area contributed by atoms with Crippen molar-refractivity contribution >= 4 is 17.9 Å². The Balaban J connectivity index is 4.21. The van der Waals surface area contributed by atoms with E-state index in [4.69, 9.17) is 14.2 Å². The predicted molar refractivity (Wildman–Crippen MR) is 256 cm³/mol. The molecule has 0 aliphatic carbocycles. The van der Waals surface area contributed by atoms with Crippen molar-refractivity contribution < 1.29 is 28.6 Å². The van der Waals surface area contributed by atoms with Gasteiger partial charge in [-0.1, -0.05) is 244 Å². The number of rotatable bonds is 48. The minimum Gasteiger partial charge on any atom is -0.462 e. The van der Waals surface area contributed by atoms with E-state index in [1.807, 2.05) is 0 Å². The van der Waals surface area contributed by atoms with Crippen molar-refractivity contribution in [2.45, 2.75) is 290 Å². The number of ether oxygens (including phenoxy) is 3. The lowest BCUT2D eigenvalue weighted by atomic mass is 10.0. The van der Waals surface area contributed by atoms with E-state index in [1.54, 1.807) is 0 Å². The normalized spacial score (nSPS) is 12.1. The van der Waals surface area contributed by atoms with Gasteiger partial charge in [0.05, 0.1) is 0 Å². The van der Waals surface area contributed by atoms with Crippen LogP contribution in [0.15, 0.2) is 24.3 Å². The average Bonchev–Trinajstić information content (AvgIpc) is 3.24. The zero-order chi connectivity index (χ0) is 43.7. The lowest BCUT2D eigenvalue weighted by molar-refractivity contribution is -0.167. The average molecular weight is 845 g/mol. The molecule has 0 radical (unpaired) electrons. The third-order valence-electron chi connectivity index (χ3n) is 11.7. The lowest BCUT2D eigenvalue weighted by Gasteiger charge is -2.18. The zero-order valence-electron chi connectivity index (χ0n) is 40.2. The van der Waals surface area contributed by atoms with Gasteiger partial charge in [0.15, 0.2) is 6.10 Å². The first kappa shape index (κ1) is 57.9. The van der Waals surface area contributed by atoms with Crippen molar-refractivity contribution in [2.75, 3.05) is 13.2 Å². The monoisotopic (exact) mass is 845 g/mol. The molecule has 0 aliphatic rings. The summed E-state index contributed by atoms with van der Waals surface area (Å²) in [6.45, 7) is 6.59. The lowest BCUT2D eigenvalue weighted by Crippen LogP contribution is -2.30. The Hall–Kier alpha value is -2.11. The molecular formula is C54H100O6. The topological polar surface area (TPSA) is 78.9 Å². The van der Waals surface area contributed by atoms with Gasteiger partial charge in [0.1, 0.15) is 13.2 Å². The van der Waals surface area contributed by atoms with Crippen molar-refractivity contribution in [3.8, 4) is 0 Å². The third kappa shape index (κ3) is 46.9. The Morgan fingerprint density at radius 2 is 0.617 bits per heavy atom. The van der Waals surface area contributed by atoms with Crippen molar-refractivity contribution in [3.63, 3.8) is 0 Å².